The molecule has 0 bridgehead atoms. The molecule has 0 unspecified atom stereocenters. The van der Waals surface area contributed by atoms with Crippen LogP contribution in [-0.4, -0.2) is 39.3 Å². The molecule has 1 aliphatic heterocycles. The summed E-state index contributed by atoms with van der Waals surface area (Å²) >= 11 is 9.07. The van der Waals surface area contributed by atoms with E-state index in [1.807, 2.05) is 23.4 Å². The lowest BCUT2D eigenvalue weighted by atomic mass is 10.0. The quantitative estimate of drug-likeness (QED) is 0.775. The van der Waals surface area contributed by atoms with Gasteiger partial charge in [0, 0.05) is 23.6 Å². The number of hydrogen-bond donors (Lipinski definition) is 0. The van der Waals surface area contributed by atoms with E-state index >= 15 is 0 Å². The number of carbonyl (C=O) groups is 1. The van der Waals surface area contributed by atoms with Crippen molar-refractivity contribution in [2.24, 2.45) is 0 Å². The van der Waals surface area contributed by atoms with Crippen LogP contribution in [0.3, 0.4) is 0 Å². The molecule has 0 saturated carbocycles. The summed E-state index contributed by atoms with van der Waals surface area (Å²) < 4.78 is 3.27. The number of halogens is 2. The molecule has 0 spiro atoms. The molecular weight excluding hydrogens is 342 g/mol. The summed E-state index contributed by atoms with van der Waals surface area (Å²) in [5.41, 5.74) is 2.15. The maximum Gasteiger partial charge on any atom is 0.237 e. The number of alkyl halides is 1. The third-order valence-corrected chi connectivity index (χ3v) is 4.58. The van der Waals surface area contributed by atoms with E-state index in [2.05, 4.69) is 31.5 Å². The van der Waals surface area contributed by atoms with Gasteiger partial charge < -0.3 is 9.47 Å². The summed E-state index contributed by atoms with van der Waals surface area (Å²) in [4.78, 5) is 17.9. The molecule has 0 aliphatic carbocycles. The number of fused-ring (bicyclic) bond motifs is 1. The van der Waals surface area contributed by atoms with Gasteiger partial charge in [-0.25, -0.2) is 4.98 Å². The zero-order valence-electron chi connectivity index (χ0n) is 10.9. The van der Waals surface area contributed by atoms with Crippen molar-refractivity contribution in [3.8, 4) is 0 Å². The summed E-state index contributed by atoms with van der Waals surface area (Å²) in [5, 5.41) is 0. The topological polar surface area (TPSA) is 38.1 Å². The Labute approximate surface area is 130 Å². The first-order chi connectivity index (χ1) is 9.69. The second-order valence-corrected chi connectivity index (χ2v) is 6.21. The Morgan fingerprint density at radius 2 is 2.15 bits per heavy atom. The van der Waals surface area contributed by atoms with E-state index in [1.54, 1.807) is 0 Å². The third kappa shape index (κ3) is 2.56. The van der Waals surface area contributed by atoms with Gasteiger partial charge in [0.2, 0.25) is 5.91 Å². The van der Waals surface area contributed by atoms with Crippen LogP contribution in [0.25, 0.3) is 11.0 Å². The van der Waals surface area contributed by atoms with Gasteiger partial charge in [-0.1, -0.05) is 15.9 Å². The van der Waals surface area contributed by atoms with E-state index < -0.39 is 0 Å². The van der Waals surface area contributed by atoms with Crippen LogP contribution in [0, 0.1) is 0 Å². The first-order valence-electron chi connectivity index (χ1n) is 6.65. The number of piperidine rings is 1. The molecule has 1 aromatic carbocycles. The second kappa shape index (κ2) is 5.74. The molecule has 1 amide bonds. The van der Waals surface area contributed by atoms with E-state index in [-0.39, 0.29) is 11.8 Å². The summed E-state index contributed by atoms with van der Waals surface area (Å²) in [7, 11) is 0. The molecule has 1 saturated heterocycles. The van der Waals surface area contributed by atoms with Crippen LogP contribution < -0.4 is 0 Å². The Kier molecular flexibility index (Phi) is 3.98. The smallest absolute Gasteiger partial charge is 0.237 e. The first-order valence-corrected chi connectivity index (χ1v) is 7.97. The van der Waals surface area contributed by atoms with Gasteiger partial charge in [-0.05, 0) is 31.0 Å². The Bertz CT molecular complexity index is 634. The number of aromatic nitrogens is 2. The predicted octanol–water partition coefficient (Wildman–Crippen LogP) is 3.20. The zero-order valence-corrected chi connectivity index (χ0v) is 13.3. The van der Waals surface area contributed by atoms with E-state index in [4.69, 9.17) is 11.6 Å². The fraction of sp³-hybridized carbons (Fsp3) is 0.429. The van der Waals surface area contributed by atoms with Crippen molar-refractivity contribution in [3.63, 3.8) is 0 Å². The summed E-state index contributed by atoms with van der Waals surface area (Å²) in [6.45, 7) is 1.54. The van der Waals surface area contributed by atoms with Crippen molar-refractivity contribution in [1.29, 1.82) is 0 Å². The minimum atomic E-state index is 0.0320. The highest BCUT2D eigenvalue weighted by molar-refractivity contribution is 9.10. The number of likely N-dealkylation sites (tertiary alicyclic amines) is 1. The standard InChI is InChI=1S/C14H15BrClN3O/c15-10-1-2-13-12(7-10)17-9-19(13)11-3-5-18(6-4-11)14(20)8-16/h1-2,7,9,11H,3-6,8H2. The number of carbonyl (C=O) groups excluding carboxylic acids is 1. The van der Waals surface area contributed by atoms with Crippen LogP contribution in [0.4, 0.5) is 0 Å². The maximum atomic E-state index is 11.6. The molecular formula is C14H15BrClN3O. The van der Waals surface area contributed by atoms with Crippen molar-refractivity contribution < 1.29 is 4.79 Å². The lowest BCUT2D eigenvalue weighted by molar-refractivity contribution is -0.129. The highest BCUT2D eigenvalue weighted by Crippen LogP contribution is 2.27. The van der Waals surface area contributed by atoms with Gasteiger partial charge in [0.25, 0.3) is 0 Å². The summed E-state index contributed by atoms with van der Waals surface area (Å²) in [5.74, 6) is 0.108. The highest BCUT2D eigenvalue weighted by Gasteiger charge is 2.24. The number of amides is 1. The lowest BCUT2D eigenvalue weighted by Gasteiger charge is -2.32. The molecule has 6 heteroatoms. The molecule has 0 N–H and O–H groups in total. The summed E-state index contributed by atoms with van der Waals surface area (Å²) in [6.07, 6.45) is 3.80. The van der Waals surface area contributed by atoms with E-state index in [0.29, 0.717) is 6.04 Å². The van der Waals surface area contributed by atoms with Crippen molar-refractivity contribution in [1.82, 2.24) is 14.5 Å². The highest BCUT2D eigenvalue weighted by atomic mass is 79.9. The van der Waals surface area contributed by atoms with E-state index in [9.17, 15) is 4.79 Å². The molecule has 106 valence electrons. The Morgan fingerprint density at radius 3 is 2.85 bits per heavy atom. The zero-order chi connectivity index (χ0) is 14.1. The molecule has 1 aliphatic rings. The third-order valence-electron chi connectivity index (χ3n) is 3.86. The van der Waals surface area contributed by atoms with Gasteiger partial charge in [-0.2, -0.15) is 0 Å². The fourth-order valence-corrected chi connectivity index (χ4v) is 3.29. The van der Waals surface area contributed by atoms with Crippen molar-refractivity contribution in [2.75, 3.05) is 19.0 Å². The largest absolute Gasteiger partial charge is 0.342 e. The Morgan fingerprint density at radius 1 is 1.40 bits per heavy atom. The van der Waals surface area contributed by atoms with Crippen molar-refractivity contribution >= 4 is 44.5 Å². The predicted molar refractivity (Wildman–Crippen MR) is 83.0 cm³/mol. The molecule has 1 fully saturated rings. The first kappa shape index (κ1) is 13.9. The lowest BCUT2D eigenvalue weighted by Crippen LogP contribution is -2.39. The second-order valence-electron chi connectivity index (χ2n) is 5.03. The molecule has 0 radical (unpaired) electrons. The number of nitrogens with zero attached hydrogens (tertiary/aromatic N) is 3. The normalized spacial score (nSPS) is 16.8. The molecule has 20 heavy (non-hydrogen) atoms. The number of imidazole rings is 1. The molecule has 4 nitrogen and oxygen atoms in total. The average molecular weight is 357 g/mol. The number of rotatable bonds is 2. The minimum absolute atomic E-state index is 0.0320. The minimum Gasteiger partial charge on any atom is -0.342 e. The SMILES string of the molecule is O=C(CCl)N1CCC(n2cnc3cc(Br)ccc32)CC1. The van der Waals surface area contributed by atoms with Gasteiger partial charge in [0.15, 0.2) is 0 Å². The Hall–Kier alpha value is -1.07. The van der Waals surface area contributed by atoms with E-state index in [0.717, 1.165) is 41.4 Å². The maximum absolute atomic E-state index is 11.6. The molecule has 2 aromatic rings. The van der Waals surface area contributed by atoms with Crippen LogP contribution in [0.5, 0.6) is 0 Å². The van der Waals surface area contributed by atoms with Crippen LogP contribution in [0.2, 0.25) is 0 Å². The fourth-order valence-electron chi connectivity index (χ4n) is 2.77. The van der Waals surface area contributed by atoms with Gasteiger partial charge >= 0.3 is 0 Å². The molecule has 2 heterocycles. The Balaban J connectivity index is 1.78. The molecule has 1 aromatic heterocycles. The number of hydrogen-bond acceptors (Lipinski definition) is 2. The monoisotopic (exact) mass is 355 g/mol. The van der Waals surface area contributed by atoms with Crippen molar-refractivity contribution in [3.05, 3.63) is 29.0 Å². The van der Waals surface area contributed by atoms with Crippen LogP contribution in [-0.2, 0) is 4.79 Å². The van der Waals surface area contributed by atoms with Crippen LogP contribution in [0.1, 0.15) is 18.9 Å². The van der Waals surface area contributed by atoms with Crippen molar-refractivity contribution in [2.45, 2.75) is 18.9 Å². The summed E-state index contributed by atoms with van der Waals surface area (Å²) in [6, 6.07) is 6.55. The van der Waals surface area contributed by atoms with Crippen LogP contribution >= 0.6 is 27.5 Å². The van der Waals surface area contributed by atoms with Gasteiger partial charge in [-0.15, -0.1) is 11.6 Å². The van der Waals surface area contributed by atoms with Gasteiger partial charge in [0.05, 0.1) is 17.4 Å². The van der Waals surface area contributed by atoms with Crippen LogP contribution in [0.15, 0.2) is 29.0 Å². The van der Waals surface area contributed by atoms with Gasteiger partial charge in [-0.3, -0.25) is 4.79 Å². The molecule has 0 atom stereocenters. The van der Waals surface area contributed by atoms with E-state index in [1.165, 1.54) is 0 Å². The average Bonchev–Trinajstić information content (AvgIpc) is 2.89. The number of benzene rings is 1. The van der Waals surface area contributed by atoms with Gasteiger partial charge in [0.1, 0.15) is 5.88 Å². The molecule has 3 rings (SSSR count).